The highest BCUT2D eigenvalue weighted by Gasteiger charge is 2.46. The van der Waals surface area contributed by atoms with E-state index in [-0.39, 0.29) is 35.5 Å². The summed E-state index contributed by atoms with van der Waals surface area (Å²) in [5.41, 5.74) is 0.900. The van der Waals surface area contributed by atoms with Crippen LogP contribution in [0.1, 0.15) is 50.1 Å². The van der Waals surface area contributed by atoms with E-state index in [1.54, 1.807) is 4.90 Å². The molecule has 1 saturated carbocycles. The number of rotatable bonds is 5. The summed E-state index contributed by atoms with van der Waals surface area (Å²) in [6, 6.07) is 11.1. The molecule has 2 aromatic carbocycles. The summed E-state index contributed by atoms with van der Waals surface area (Å²) < 4.78 is 41.4. The van der Waals surface area contributed by atoms with Crippen molar-refractivity contribution in [2.24, 2.45) is 5.41 Å². The standard InChI is InChI=1S/C27H30F3N3O2/c28-20-14-22(30)23(15-21(20)29)31-10-12-32(13-11-31)24(19-6-2-1-3-7-19)18-33-25(34)16-27(17-26(33)35)8-4-5-9-27/h1-3,6-7,14-15,24H,4-5,8-13,16-18H2. The number of imide groups is 1. The second kappa shape index (κ2) is 9.64. The number of amides is 2. The van der Waals surface area contributed by atoms with E-state index in [2.05, 4.69) is 4.90 Å². The molecule has 1 aliphatic carbocycles. The molecule has 1 atom stereocenters. The number of anilines is 1. The summed E-state index contributed by atoms with van der Waals surface area (Å²) in [6.07, 6.45) is 4.92. The van der Waals surface area contributed by atoms with Crippen molar-refractivity contribution < 1.29 is 22.8 Å². The van der Waals surface area contributed by atoms with Crippen LogP contribution in [0.15, 0.2) is 42.5 Å². The fourth-order valence-corrected chi connectivity index (χ4v) is 6.02. The SMILES string of the molecule is O=C1CC2(CCCC2)CC(=O)N1CC(c1ccccc1)N1CCN(c2cc(F)c(F)cc2F)CC1. The average molecular weight is 486 g/mol. The van der Waals surface area contributed by atoms with Crippen LogP contribution in [0, 0.1) is 22.9 Å². The predicted octanol–water partition coefficient (Wildman–Crippen LogP) is 4.68. The number of halogens is 3. The van der Waals surface area contributed by atoms with Crippen LogP contribution in [0.4, 0.5) is 18.9 Å². The lowest BCUT2D eigenvalue weighted by Gasteiger charge is -2.43. The summed E-state index contributed by atoms with van der Waals surface area (Å²) >= 11 is 0. The molecule has 2 aliphatic heterocycles. The molecule has 0 aromatic heterocycles. The van der Waals surface area contributed by atoms with Gasteiger partial charge in [0.05, 0.1) is 11.7 Å². The summed E-state index contributed by atoms with van der Waals surface area (Å²) in [6.45, 7) is 2.15. The molecule has 3 fully saturated rings. The van der Waals surface area contributed by atoms with E-state index in [1.165, 1.54) is 4.90 Å². The van der Waals surface area contributed by atoms with Crippen molar-refractivity contribution in [2.75, 3.05) is 37.6 Å². The largest absolute Gasteiger partial charge is 0.367 e. The maximum absolute atomic E-state index is 14.3. The minimum absolute atomic E-state index is 0.0445. The van der Waals surface area contributed by atoms with Crippen LogP contribution < -0.4 is 4.90 Å². The topological polar surface area (TPSA) is 43.9 Å². The number of carbonyl (C=O) groups excluding carboxylic acids is 2. The average Bonchev–Trinajstić information content (AvgIpc) is 3.29. The lowest BCUT2D eigenvalue weighted by atomic mass is 9.76. The van der Waals surface area contributed by atoms with Gasteiger partial charge in [0, 0.05) is 57.7 Å². The van der Waals surface area contributed by atoms with Gasteiger partial charge in [0.25, 0.3) is 0 Å². The van der Waals surface area contributed by atoms with E-state index >= 15 is 0 Å². The zero-order chi connectivity index (χ0) is 24.6. The van der Waals surface area contributed by atoms with Gasteiger partial charge in [-0.15, -0.1) is 0 Å². The maximum atomic E-state index is 14.3. The molecule has 3 aliphatic rings. The van der Waals surface area contributed by atoms with Crippen LogP contribution in [-0.4, -0.2) is 54.3 Å². The highest BCUT2D eigenvalue weighted by atomic mass is 19.2. The van der Waals surface area contributed by atoms with Gasteiger partial charge < -0.3 is 4.90 Å². The monoisotopic (exact) mass is 485 g/mol. The first-order valence-electron chi connectivity index (χ1n) is 12.4. The van der Waals surface area contributed by atoms with Crippen molar-refractivity contribution in [1.82, 2.24) is 9.80 Å². The van der Waals surface area contributed by atoms with Crippen LogP contribution in [-0.2, 0) is 9.59 Å². The molecule has 186 valence electrons. The molecule has 0 N–H and O–H groups in total. The van der Waals surface area contributed by atoms with Gasteiger partial charge in [-0.05, 0) is 23.8 Å². The van der Waals surface area contributed by atoms with Crippen molar-refractivity contribution in [2.45, 2.75) is 44.6 Å². The molecular formula is C27H30F3N3O2. The zero-order valence-corrected chi connectivity index (χ0v) is 19.7. The zero-order valence-electron chi connectivity index (χ0n) is 19.7. The van der Waals surface area contributed by atoms with Crippen LogP contribution in [0.5, 0.6) is 0 Å². The van der Waals surface area contributed by atoms with Gasteiger partial charge in [0.15, 0.2) is 11.6 Å². The molecule has 0 bridgehead atoms. The normalized spacial score (nSPS) is 21.7. The van der Waals surface area contributed by atoms with E-state index in [0.717, 1.165) is 37.3 Å². The van der Waals surface area contributed by atoms with E-state index < -0.39 is 17.5 Å². The molecule has 2 amide bonds. The smallest absolute Gasteiger partial charge is 0.229 e. The number of benzene rings is 2. The van der Waals surface area contributed by atoms with Gasteiger partial charge in [-0.3, -0.25) is 19.4 Å². The fraction of sp³-hybridized carbons (Fsp3) is 0.481. The van der Waals surface area contributed by atoms with Gasteiger partial charge in [-0.25, -0.2) is 13.2 Å². The number of carbonyl (C=O) groups is 2. The Labute approximate surface area is 203 Å². The Balaban J connectivity index is 1.32. The van der Waals surface area contributed by atoms with E-state index in [9.17, 15) is 22.8 Å². The Morgan fingerprint density at radius 1 is 0.800 bits per heavy atom. The van der Waals surface area contributed by atoms with Crippen LogP contribution in [0.25, 0.3) is 0 Å². The minimum Gasteiger partial charge on any atom is -0.367 e. The Morgan fingerprint density at radius 2 is 1.40 bits per heavy atom. The molecule has 2 saturated heterocycles. The van der Waals surface area contributed by atoms with Gasteiger partial charge >= 0.3 is 0 Å². The molecule has 1 unspecified atom stereocenters. The molecule has 2 heterocycles. The number of hydrogen-bond donors (Lipinski definition) is 0. The number of hydrogen-bond acceptors (Lipinski definition) is 4. The van der Waals surface area contributed by atoms with E-state index in [0.29, 0.717) is 45.1 Å². The first-order chi connectivity index (χ1) is 16.8. The summed E-state index contributed by atoms with van der Waals surface area (Å²) in [7, 11) is 0. The molecule has 2 aromatic rings. The lowest BCUT2D eigenvalue weighted by molar-refractivity contribution is -0.154. The lowest BCUT2D eigenvalue weighted by Crippen LogP contribution is -2.53. The molecule has 35 heavy (non-hydrogen) atoms. The second-order valence-corrected chi connectivity index (χ2v) is 10.1. The third kappa shape index (κ3) is 4.81. The maximum Gasteiger partial charge on any atom is 0.229 e. The van der Waals surface area contributed by atoms with Gasteiger partial charge in [0.2, 0.25) is 11.8 Å². The van der Waals surface area contributed by atoms with Gasteiger partial charge in [-0.2, -0.15) is 0 Å². The third-order valence-corrected chi connectivity index (χ3v) is 7.94. The fourth-order valence-electron chi connectivity index (χ4n) is 6.02. The van der Waals surface area contributed by atoms with Crippen molar-refractivity contribution >= 4 is 17.5 Å². The molecule has 5 rings (SSSR count). The Kier molecular flexibility index (Phi) is 6.57. The van der Waals surface area contributed by atoms with Crippen molar-refractivity contribution in [3.05, 3.63) is 65.5 Å². The van der Waals surface area contributed by atoms with Crippen molar-refractivity contribution in [3.8, 4) is 0 Å². The Hall–Kier alpha value is -2.87. The number of nitrogens with zero attached hydrogens (tertiary/aromatic N) is 3. The number of piperazine rings is 1. The second-order valence-electron chi connectivity index (χ2n) is 10.1. The first-order valence-corrected chi connectivity index (χ1v) is 12.4. The van der Waals surface area contributed by atoms with Crippen LogP contribution >= 0.6 is 0 Å². The Bertz CT molecular complexity index is 1080. The summed E-state index contributed by atoms with van der Waals surface area (Å²) in [5.74, 6) is -3.25. The van der Waals surface area contributed by atoms with Gasteiger partial charge in [0.1, 0.15) is 5.82 Å². The summed E-state index contributed by atoms with van der Waals surface area (Å²) in [5, 5.41) is 0. The number of piperidine rings is 1. The number of likely N-dealkylation sites (tertiary alicyclic amines) is 1. The van der Waals surface area contributed by atoms with Crippen molar-refractivity contribution in [1.29, 1.82) is 0 Å². The Morgan fingerprint density at radius 3 is 2.03 bits per heavy atom. The predicted molar refractivity (Wildman–Crippen MR) is 126 cm³/mol. The minimum atomic E-state index is -1.20. The quantitative estimate of drug-likeness (QED) is 0.456. The highest BCUT2D eigenvalue weighted by molar-refractivity contribution is 5.98. The highest BCUT2D eigenvalue weighted by Crippen LogP contribution is 2.47. The molecular weight excluding hydrogens is 455 g/mol. The first kappa shape index (κ1) is 23.9. The van der Waals surface area contributed by atoms with Gasteiger partial charge in [-0.1, -0.05) is 43.2 Å². The molecule has 1 spiro atoms. The molecule has 0 radical (unpaired) electrons. The molecule has 8 heteroatoms. The summed E-state index contributed by atoms with van der Waals surface area (Å²) in [4.78, 5) is 31.6. The van der Waals surface area contributed by atoms with E-state index in [1.807, 2.05) is 30.3 Å². The van der Waals surface area contributed by atoms with Crippen molar-refractivity contribution in [3.63, 3.8) is 0 Å². The van der Waals surface area contributed by atoms with Crippen LogP contribution in [0.3, 0.4) is 0 Å². The van der Waals surface area contributed by atoms with E-state index in [4.69, 9.17) is 0 Å². The van der Waals surface area contributed by atoms with Crippen LogP contribution in [0.2, 0.25) is 0 Å². The molecule has 5 nitrogen and oxygen atoms in total. The third-order valence-electron chi connectivity index (χ3n) is 7.94.